The van der Waals surface area contributed by atoms with Crippen molar-refractivity contribution in [2.45, 2.75) is 13.8 Å². The summed E-state index contributed by atoms with van der Waals surface area (Å²) < 4.78 is 0. The summed E-state index contributed by atoms with van der Waals surface area (Å²) in [6, 6.07) is 43.4. The Morgan fingerprint density at radius 2 is 0.818 bits per heavy atom. The Hall–Kier alpha value is -3.02. The van der Waals surface area contributed by atoms with E-state index in [0.717, 1.165) is 0 Å². The summed E-state index contributed by atoms with van der Waals surface area (Å²) in [6.45, 7) is 4.23. The van der Waals surface area contributed by atoms with Gasteiger partial charge in [0.1, 0.15) is 0 Å². The van der Waals surface area contributed by atoms with Crippen molar-refractivity contribution in [1.82, 2.24) is 0 Å². The summed E-state index contributed by atoms with van der Waals surface area (Å²) in [7, 11) is 0. The van der Waals surface area contributed by atoms with E-state index in [1.165, 1.54) is 54.9 Å². The third kappa shape index (κ3) is 5.32. The maximum Gasteiger partial charge on any atom is 2.00 e. The normalized spacial score (nSPS) is 10.5. The summed E-state index contributed by atoms with van der Waals surface area (Å²) in [5.41, 5.74) is 7.81. The molecule has 1 heteroatoms. The Morgan fingerprint density at radius 3 is 1.18 bits per heavy atom. The van der Waals surface area contributed by atoms with E-state index in [1.54, 1.807) is 0 Å². The van der Waals surface area contributed by atoms with Crippen molar-refractivity contribution >= 4 is 21.5 Å². The quantitative estimate of drug-likeness (QED) is 0.208. The third-order valence-corrected chi connectivity index (χ3v) is 6.01. The molecule has 6 aromatic rings. The molecule has 0 fully saturated rings. The standard InChI is InChI=1S/2C16H13.Zr/c2*1-12-6-8-13(9-7-12)16-10-14-4-2-3-5-15(14)11-16;/h2*2-11H,1H3;/q2*-1;+2. The van der Waals surface area contributed by atoms with E-state index in [1.807, 2.05) is 0 Å². The first-order valence-electron chi connectivity index (χ1n) is 11.1. The van der Waals surface area contributed by atoms with Crippen molar-refractivity contribution in [2.24, 2.45) is 0 Å². The molecule has 0 spiro atoms. The van der Waals surface area contributed by atoms with E-state index in [2.05, 4.69) is 135 Å². The zero-order valence-electron chi connectivity index (χ0n) is 19.0. The average Bonchev–Trinajstić information content (AvgIpc) is 3.45. The van der Waals surface area contributed by atoms with Crippen LogP contribution in [0.2, 0.25) is 0 Å². The fourth-order valence-electron chi connectivity index (χ4n) is 4.13. The van der Waals surface area contributed by atoms with Crippen molar-refractivity contribution in [3.05, 3.63) is 132 Å². The Bertz CT molecular complexity index is 1280. The smallest absolute Gasteiger partial charge is 0.145 e. The minimum atomic E-state index is 0. The maximum absolute atomic E-state index is 2.25. The molecule has 0 saturated heterocycles. The molecule has 0 aliphatic heterocycles. The molecule has 6 rings (SSSR count). The van der Waals surface area contributed by atoms with Gasteiger partial charge in [0.15, 0.2) is 0 Å². The summed E-state index contributed by atoms with van der Waals surface area (Å²) in [6.07, 6.45) is 0. The molecule has 0 amide bonds. The molecule has 0 unspecified atom stereocenters. The van der Waals surface area contributed by atoms with Gasteiger partial charge in [0, 0.05) is 0 Å². The van der Waals surface area contributed by atoms with Gasteiger partial charge in [-0.05, 0) is 13.8 Å². The Kier molecular flexibility index (Phi) is 7.21. The van der Waals surface area contributed by atoms with Crippen LogP contribution in [-0.2, 0) is 26.2 Å². The topological polar surface area (TPSA) is 0 Å². The molecule has 0 bridgehead atoms. The fourth-order valence-corrected chi connectivity index (χ4v) is 4.13. The van der Waals surface area contributed by atoms with Crippen LogP contribution in [-0.4, -0.2) is 0 Å². The predicted octanol–water partition coefficient (Wildman–Crippen LogP) is 9.07. The van der Waals surface area contributed by atoms with Crippen molar-refractivity contribution in [1.29, 1.82) is 0 Å². The monoisotopic (exact) mass is 500 g/mol. The molecule has 0 aliphatic carbocycles. The molecule has 0 atom stereocenters. The van der Waals surface area contributed by atoms with Gasteiger partial charge in [-0.3, -0.25) is 0 Å². The Balaban J connectivity index is 0.000000152. The van der Waals surface area contributed by atoms with E-state index in [9.17, 15) is 0 Å². The molecule has 6 aromatic carbocycles. The Labute approximate surface area is 215 Å². The minimum absolute atomic E-state index is 0. The fraction of sp³-hybridized carbons (Fsp3) is 0.0625. The number of aryl methyl sites for hydroxylation is 2. The molecule has 0 heterocycles. The molecule has 0 saturated carbocycles. The second-order valence-corrected chi connectivity index (χ2v) is 8.48. The van der Waals surface area contributed by atoms with Gasteiger partial charge in [-0.2, -0.15) is 0 Å². The first kappa shape index (κ1) is 23.2. The first-order chi connectivity index (χ1) is 15.7. The van der Waals surface area contributed by atoms with Crippen LogP contribution in [0.5, 0.6) is 0 Å². The van der Waals surface area contributed by atoms with Crippen molar-refractivity contribution in [3.8, 4) is 22.3 Å². The largest absolute Gasteiger partial charge is 2.00 e. The second-order valence-electron chi connectivity index (χ2n) is 8.48. The van der Waals surface area contributed by atoms with Crippen LogP contribution in [0, 0.1) is 13.8 Å². The second kappa shape index (κ2) is 10.3. The van der Waals surface area contributed by atoms with Gasteiger partial charge in [-0.25, -0.2) is 0 Å². The SMILES string of the molecule is Cc1ccc(-c2cc3ccccc3[cH-]2)cc1.Cc1ccc(-c2cc3ccccc3[cH-]2)cc1.[Zr+2]. The van der Waals surface area contributed by atoms with Crippen LogP contribution in [0.3, 0.4) is 0 Å². The van der Waals surface area contributed by atoms with Gasteiger partial charge in [-0.15, -0.1) is 69.1 Å². The average molecular weight is 502 g/mol. The van der Waals surface area contributed by atoms with Crippen LogP contribution in [0.1, 0.15) is 11.1 Å². The van der Waals surface area contributed by atoms with Gasteiger partial charge in [-0.1, -0.05) is 107 Å². The molecule has 0 N–H and O–H groups in total. The van der Waals surface area contributed by atoms with Gasteiger partial charge < -0.3 is 0 Å². The van der Waals surface area contributed by atoms with E-state index < -0.39 is 0 Å². The van der Waals surface area contributed by atoms with E-state index >= 15 is 0 Å². The number of hydrogen-bond donors (Lipinski definition) is 0. The van der Waals surface area contributed by atoms with Gasteiger partial charge in [0.05, 0.1) is 0 Å². The van der Waals surface area contributed by atoms with Crippen LogP contribution >= 0.6 is 0 Å². The van der Waals surface area contributed by atoms with Crippen LogP contribution in [0.4, 0.5) is 0 Å². The molecular formula is C32H26Zr. The van der Waals surface area contributed by atoms with Crippen LogP contribution in [0.25, 0.3) is 43.8 Å². The Morgan fingerprint density at radius 1 is 0.455 bits per heavy atom. The van der Waals surface area contributed by atoms with Crippen LogP contribution in [0.15, 0.2) is 121 Å². The molecule has 158 valence electrons. The minimum Gasteiger partial charge on any atom is -0.145 e. The van der Waals surface area contributed by atoms with E-state index in [4.69, 9.17) is 0 Å². The predicted molar refractivity (Wildman–Crippen MR) is 139 cm³/mol. The maximum atomic E-state index is 2.25. The van der Waals surface area contributed by atoms with Gasteiger partial charge >= 0.3 is 26.2 Å². The summed E-state index contributed by atoms with van der Waals surface area (Å²) in [4.78, 5) is 0. The van der Waals surface area contributed by atoms with Crippen molar-refractivity contribution < 1.29 is 26.2 Å². The molecule has 0 radical (unpaired) electrons. The summed E-state index contributed by atoms with van der Waals surface area (Å²) >= 11 is 0. The van der Waals surface area contributed by atoms with E-state index in [0.29, 0.717) is 0 Å². The molecule has 0 aromatic heterocycles. The zero-order valence-corrected chi connectivity index (χ0v) is 21.5. The first-order valence-corrected chi connectivity index (χ1v) is 11.1. The molecule has 33 heavy (non-hydrogen) atoms. The number of fused-ring (bicyclic) bond motifs is 2. The molecular weight excluding hydrogens is 476 g/mol. The summed E-state index contributed by atoms with van der Waals surface area (Å²) in [5.74, 6) is 0. The molecule has 0 nitrogen and oxygen atoms in total. The van der Waals surface area contributed by atoms with Gasteiger partial charge in [0.25, 0.3) is 0 Å². The summed E-state index contributed by atoms with van der Waals surface area (Å²) in [5, 5.41) is 5.27. The zero-order chi connectivity index (χ0) is 21.9. The van der Waals surface area contributed by atoms with E-state index in [-0.39, 0.29) is 26.2 Å². The number of benzene rings is 4. The molecule has 0 aliphatic rings. The number of rotatable bonds is 2. The third-order valence-electron chi connectivity index (χ3n) is 6.01. The van der Waals surface area contributed by atoms with Crippen molar-refractivity contribution in [3.63, 3.8) is 0 Å². The van der Waals surface area contributed by atoms with Crippen LogP contribution < -0.4 is 0 Å². The van der Waals surface area contributed by atoms with Gasteiger partial charge in [0.2, 0.25) is 0 Å². The number of hydrogen-bond acceptors (Lipinski definition) is 0. The van der Waals surface area contributed by atoms with Crippen molar-refractivity contribution in [2.75, 3.05) is 0 Å².